The summed E-state index contributed by atoms with van der Waals surface area (Å²) in [7, 11) is 0. The Morgan fingerprint density at radius 1 is 1.43 bits per heavy atom. The van der Waals surface area contributed by atoms with E-state index in [2.05, 4.69) is 44.6 Å². The highest BCUT2D eigenvalue weighted by Gasteiger charge is 2.11. The topological polar surface area (TPSA) is 29.0 Å². The molecule has 0 atom stereocenters. The van der Waals surface area contributed by atoms with E-state index in [-0.39, 0.29) is 0 Å². The standard InChI is InChI=1S/C9H13BrClN3/c1-7(2)14(4-3-10)9-12-5-8(11)6-13-9/h5-7H,3-4H2,1-2H3. The average Bonchev–Trinajstić information content (AvgIpc) is 2.15. The summed E-state index contributed by atoms with van der Waals surface area (Å²) in [5.74, 6) is 0.726. The van der Waals surface area contributed by atoms with Crippen LogP contribution < -0.4 is 4.90 Å². The third-order valence-corrected chi connectivity index (χ3v) is 2.36. The average molecular weight is 279 g/mol. The van der Waals surface area contributed by atoms with Crippen LogP contribution in [-0.4, -0.2) is 27.9 Å². The van der Waals surface area contributed by atoms with Gasteiger partial charge in [-0.3, -0.25) is 0 Å². The van der Waals surface area contributed by atoms with E-state index in [0.717, 1.165) is 17.8 Å². The van der Waals surface area contributed by atoms with Crippen LogP contribution in [0.1, 0.15) is 13.8 Å². The summed E-state index contributed by atoms with van der Waals surface area (Å²) in [6.07, 6.45) is 3.24. The van der Waals surface area contributed by atoms with Crippen molar-refractivity contribution in [3.05, 3.63) is 17.4 Å². The van der Waals surface area contributed by atoms with E-state index >= 15 is 0 Å². The predicted molar refractivity (Wildman–Crippen MR) is 63.3 cm³/mol. The van der Waals surface area contributed by atoms with Gasteiger partial charge in [0.25, 0.3) is 0 Å². The van der Waals surface area contributed by atoms with Crippen molar-refractivity contribution >= 4 is 33.5 Å². The number of hydrogen-bond acceptors (Lipinski definition) is 3. The second kappa shape index (κ2) is 5.51. The van der Waals surface area contributed by atoms with Gasteiger partial charge in [0.1, 0.15) is 0 Å². The van der Waals surface area contributed by atoms with E-state index in [4.69, 9.17) is 11.6 Å². The van der Waals surface area contributed by atoms with Crippen molar-refractivity contribution in [3.63, 3.8) is 0 Å². The molecule has 0 aliphatic heterocycles. The Kier molecular flexibility index (Phi) is 4.62. The number of alkyl halides is 1. The summed E-state index contributed by atoms with van der Waals surface area (Å²) in [6, 6.07) is 0.383. The Balaban J connectivity index is 2.82. The number of anilines is 1. The monoisotopic (exact) mass is 277 g/mol. The van der Waals surface area contributed by atoms with Crippen LogP contribution in [0.25, 0.3) is 0 Å². The van der Waals surface area contributed by atoms with Crippen molar-refractivity contribution in [2.45, 2.75) is 19.9 Å². The zero-order chi connectivity index (χ0) is 10.6. The molecule has 1 rings (SSSR count). The van der Waals surface area contributed by atoms with Gasteiger partial charge in [0.15, 0.2) is 0 Å². The van der Waals surface area contributed by atoms with Crippen molar-refractivity contribution in [3.8, 4) is 0 Å². The molecule has 1 heterocycles. The summed E-state index contributed by atoms with van der Waals surface area (Å²) in [5.41, 5.74) is 0. The molecule has 0 saturated carbocycles. The summed E-state index contributed by atoms with van der Waals surface area (Å²) in [5, 5.41) is 1.47. The van der Waals surface area contributed by atoms with Gasteiger partial charge in [0.2, 0.25) is 5.95 Å². The zero-order valence-corrected chi connectivity index (χ0v) is 10.6. The Morgan fingerprint density at radius 3 is 2.43 bits per heavy atom. The third kappa shape index (κ3) is 3.10. The molecule has 0 amide bonds. The highest BCUT2D eigenvalue weighted by Crippen LogP contribution is 2.13. The molecule has 0 bridgehead atoms. The van der Waals surface area contributed by atoms with E-state index in [0.29, 0.717) is 11.1 Å². The molecule has 0 spiro atoms. The van der Waals surface area contributed by atoms with Crippen molar-refractivity contribution in [2.75, 3.05) is 16.8 Å². The number of hydrogen-bond donors (Lipinski definition) is 0. The highest BCUT2D eigenvalue weighted by molar-refractivity contribution is 9.09. The van der Waals surface area contributed by atoms with Gasteiger partial charge in [-0.1, -0.05) is 27.5 Å². The van der Waals surface area contributed by atoms with Gasteiger partial charge in [0, 0.05) is 17.9 Å². The first kappa shape index (κ1) is 11.7. The van der Waals surface area contributed by atoms with Crippen LogP contribution in [0.15, 0.2) is 12.4 Å². The first-order valence-corrected chi connectivity index (χ1v) is 5.95. The van der Waals surface area contributed by atoms with E-state index in [1.165, 1.54) is 0 Å². The van der Waals surface area contributed by atoms with Gasteiger partial charge in [-0.2, -0.15) is 0 Å². The molecular weight excluding hydrogens is 265 g/mol. The van der Waals surface area contributed by atoms with Gasteiger partial charge < -0.3 is 4.90 Å². The lowest BCUT2D eigenvalue weighted by Gasteiger charge is -2.25. The molecule has 0 N–H and O–H groups in total. The lowest BCUT2D eigenvalue weighted by Crippen LogP contribution is -2.33. The molecule has 0 fully saturated rings. The second-order valence-corrected chi connectivity index (χ2v) is 4.41. The van der Waals surface area contributed by atoms with Crippen LogP contribution in [0.2, 0.25) is 5.02 Å². The van der Waals surface area contributed by atoms with Gasteiger partial charge in [-0.05, 0) is 13.8 Å². The SMILES string of the molecule is CC(C)N(CCBr)c1ncc(Cl)cn1. The van der Waals surface area contributed by atoms with Gasteiger partial charge >= 0.3 is 0 Å². The molecular formula is C9H13BrClN3. The third-order valence-electron chi connectivity index (χ3n) is 1.81. The van der Waals surface area contributed by atoms with E-state index in [9.17, 15) is 0 Å². The second-order valence-electron chi connectivity index (χ2n) is 3.18. The highest BCUT2D eigenvalue weighted by atomic mass is 79.9. The van der Waals surface area contributed by atoms with Crippen LogP contribution in [-0.2, 0) is 0 Å². The van der Waals surface area contributed by atoms with Crippen LogP contribution in [0.3, 0.4) is 0 Å². The molecule has 5 heteroatoms. The largest absolute Gasteiger partial charge is 0.338 e. The van der Waals surface area contributed by atoms with E-state index in [1.807, 2.05) is 0 Å². The Morgan fingerprint density at radius 2 is 2.00 bits per heavy atom. The smallest absolute Gasteiger partial charge is 0.225 e. The number of nitrogens with zero attached hydrogens (tertiary/aromatic N) is 3. The van der Waals surface area contributed by atoms with Gasteiger partial charge in [-0.15, -0.1) is 0 Å². The van der Waals surface area contributed by atoms with E-state index in [1.54, 1.807) is 12.4 Å². The van der Waals surface area contributed by atoms with E-state index < -0.39 is 0 Å². The van der Waals surface area contributed by atoms with Crippen LogP contribution in [0, 0.1) is 0 Å². The molecule has 14 heavy (non-hydrogen) atoms. The number of rotatable bonds is 4. The minimum absolute atomic E-state index is 0.383. The summed E-state index contributed by atoms with van der Waals surface area (Å²) in [4.78, 5) is 10.5. The van der Waals surface area contributed by atoms with Crippen LogP contribution >= 0.6 is 27.5 Å². The predicted octanol–water partition coefficient (Wildman–Crippen LogP) is 2.74. The Labute approximate surface area is 97.6 Å². The molecule has 0 aliphatic rings. The van der Waals surface area contributed by atoms with Crippen LogP contribution in [0.4, 0.5) is 5.95 Å². The zero-order valence-electron chi connectivity index (χ0n) is 8.24. The molecule has 0 saturated heterocycles. The molecule has 3 nitrogen and oxygen atoms in total. The maximum atomic E-state index is 5.72. The summed E-state index contributed by atoms with van der Waals surface area (Å²) >= 11 is 9.13. The van der Waals surface area contributed by atoms with Gasteiger partial charge in [-0.25, -0.2) is 9.97 Å². The molecule has 0 radical (unpaired) electrons. The van der Waals surface area contributed by atoms with Crippen molar-refractivity contribution in [2.24, 2.45) is 0 Å². The first-order valence-electron chi connectivity index (χ1n) is 4.45. The number of aromatic nitrogens is 2. The molecule has 0 unspecified atom stereocenters. The first-order chi connectivity index (χ1) is 6.65. The van der Waals surface area contributed by atoms with Gasteiger partial charge in [0.05, 0.1) is 17.4 Å². The van der Waals surface area contributed by atoms with Crippen LogP contribution in [0.5, 0.6) is 0 Å². The summed E-state index contributed by atoms with van der Waals surface area (Å²) < 4.78 is 0. The molecule has 0 aromatic carbocycles. The maximum Gasteiger partial charge on any atom is 0.225 e. The lowest BCUT2D eigenvalue weighted by molar-refractivity contribution is 0.685. The van der Waals surface area contributed by atoms with Crippen molar-refractivity contribution < 1.29 is 0 Å². The molecule has 78 valence electrons. The van der Waals surface area contributed by atoms with Crippen molar-refractivity contribution in [1.82, 2.24) is 9.97 Å². The lowest BCUT2D eigenvalue weighted by atomic mass is 10.3. The molecule has 1 aromatic heterocycles. The Bertz CT molecular complexity index is 276. The fourth-order valence-corrected chi connectivity index (χ4v) is 1.61. The summed E-state index contributed by atoms with van der Waals surface area (Å²) in [6.45, 7) is 5.11. The minimum atomic E-state index is 0.383. The van der Waals surface area contributed by atoms with Crippen molar-refractivity contribution in [1.29, 1.82) is 0 Å². The number of halogens is 2. The normalized spacial score (nSPS) is 10.6. The fraction of sp³-hybridized carbons (Fsp3) is 0.556. The maximum absolute atomic E-state index is 5.72. The Hall–Kier alpha value is -0.350. The minimum Gasteiger partial charge on any atom is -0.338 e. The molecule has 0 aliphatic carbocycles. The molecule has 1 aromatic rings. The quantitative estimate of drug-likeness (QED) is 0.793. The fourth-order valence-electron chi connectivity index (χ4n) is 1.13.